The Kier molecular flexibility index (Phi) is 4.93. The minimum Gasteiger partial charge on any atom is -0.362 e. The van der Waals surface area contributed by atoms with Crippen LogP contribution in [-0.4, -0.2) is 30.0 Å². The molecule has 0 saturated heterocycles. The van der Waals surface area contributed by atoms with Crippen LogP contribution in [0.15, 0.2) is 54.7 Å². The van der Waals surface area contributed by atoms with Crippen LogP contribution < -0.4 is 10.2 Å². The Hall–Kier alpha value is -3.28. The predicted molar refractivity (Wildman–Crippen MR) is 101 cm³/mol. The van der Waals surface area contributed by atoms with Gasteiger partial charge in [0.2, 0.25) is 0 Å². The Bertz CT molecular complexity index is 939. The van der Waals surface area contributed by atoms with Crippen LogP contribution in [0.1, 0.15) is 15.9 Å². The minimum atomic E-state index is -0.358. The van der Waals surface area contributed by atoms with Crippen molar-refractivity contribution in [3.8, 4) is 11.4 Å². The standard InChI is InChI=1S/C20H19FN4O/c1-13-5-4-6-14(11-13)18-22-12-17(19(24-18)25(2)3)20(26)23-16-9-7-15(21)8-10-16/h4-12H,1-3H3,(H,23,26). The number of hydrogen-bond donors (Lipinski definition) is 1. The molecule has 0 aliphatic rings. The summed E-state index contributed by atoms with van der Waals surface area (Å²) in [6.07, 6.45) is 1.51. The summed E-state index contributed by atoms with van der Waals surface area (Å²) >= 11 is 0. The molecule has 0 radical (unpaired) electrons. The third kappa shape index (κ3) is 3.85. The summed E-state index contributed by atoms with van der Waals surface area (Å²) in [5.74, 6) is 0.353. The third-order valence-electron chi connectivity index (χ3n) is 3.82. The minimum absolute atomic E-state index is 0.343. The van der Waals surface area contributed by atoms with E-state index >= 15 is 0 Å². The molecule has 5 nitrogen and oxygen atoms in total. The van der Waals surface area contributed by atoms with Crippen molar-refractivity contribution in [1.29, 1.82) is 0 Å². The number of amides is 1. The quantitative estimate of drug-likeness (QED) is 0.775. The maximum absolute atomic E-state index is 13.0. The molecule has 2 aromatic carbocycles. The van der Waals surface area contributed by atoms with Gasteiger partial charge in [0.15, 0.2) is 5.82 Å². The maximum Gasteiger partial charge on any atom is 0.261 e. The second-order valence-corrected chi connectivity index (χ2v) is 6.16. The molecule has 0 unspecified atom stereocenters. The molecular weight excluding hydrogens is 331 g/mol. The van der Waals surface area contributed by atoms with Crippen molar-refractivity contribution in [2.45, 2.75) is 6.92 Å². The second kappa shape index (κ2) is 7.31. The molecule has 0 bridgehead atoms. The van der Waals surface area contributed by atoms with Crippen molar-refractivity contribution in [3.05, 3.63) is 71.7 Å². The Balaban J connectivity index is 1.94. The molecule has 6 heteroatoms. The van der Waals surface area contributed by atoms with Crippen LogP contribution in [0, 0.1) is 12.7 Å². The molecule has 0 fully saturated rings. The van der Waals surface area contributed by atoms with Gasteiger partial charge in [0.1, 0.15) is 17.2 Å². The summed E-state index contributed by atoms with van der Waals surface area (Å²) in [4.78, 5) is 23.3. The van der Waals surface area contributed by atoms with Gasteiger partial charge >= 0.3 is 0 Å². The Morgan fingerprint density at radius 1 is 1.12 bits per heavy atom. The Morgan fingerprint density at radius 3 is 2.50 bits per heavy atom. The molecule has 1 heterocycles. The number of aromatic nitrogens is 2. The van der Waals surface area contributed by atoms with E-state index < -0.39 is 0 Å². The molecule has 0 atom stereocenters. The van der Waals surface area contributed by atoms with Crippen LogP contribution >= 0.6 is 0 Å². The molecular formula is C20H19FN4O. The predicted octanol–water partition coefficient (Wildman–Crippen LogP) is 3.91. The number of benzene rings is 2. The summed E-state index contributed by atoms with van der Waals surface area (Å²) < 4.78 is 13.0. The lowest BCUT2D eigenvalue weighted by atomic mass is 10.1. The highest BCUT2D eigenvalue weighted by atomic mass is 19.1. The molecule has 1 N–H and O–H groups in total. The molecule has 1 amide bonds. The summed E-state index contributed by atoms with van der Waals surface area (Å²) in [6, 6.07) is 13.5. The van der Waals surface area contributed by atoms with E-state index in [0.29, 0.717) is 22.9 Å². The number of aryl methyl sites for hydroxylation is 1. The molecule has 0 spiro atoms. The lowest BCUT2D eigenvalue weighted by Crippen LogP contribution is -2.20. The number of anilines is 2. The maximum atomic E-state index is 13.0. The van der Waals surface area contributed by atoms with Gasteiger partial charge in [-0.2, -0.15) is 0 Å². The Morgan fingerprint density at radius 2 is 1.85 bits per heavy atom. The van der Waals surface area contributed by atoms with Gasteiger partial charge in [0.05, 0.1) is 0 Å². The molecule has 26 heavy (non-hydrogen) atoms. The van der Waals surface area contributed by atoms with Gasteiger partial charge in [-0.3, -0.25) is 4.79 Å². The summed E-state index contributed by atoms with van der Waals surface area (Å²) in [5.41, 5.74) is 2.84. The molecule has 0 aliphatic carbocycles. The molecule has 3 rings (SSSR count). The lowest BCUT2D eigenvalue weighted by Gasteiger charge is -2.17. The fourth-order valence-electron chi connectivity index (χ4n) is 2.53. The fourth-order valence-corrected chi connectivity index (χ4v) is 2.53. The summed E-state index contributed by atoms with van der Waals surface area (Å²) in [6.45, 7) is 2.00. The first-order valence-corrected chi connectivity index (χ1v) is 8.12. The second-order valence-electron chi connectivity index (χ2n) is 6.16. The number of halogens is 1. The van der Waals surface area contributed by atoms with E-state index in [1.165, 1.54) is 30.5 Å². The average Bonchev–Trinajstić information content (AvgIpc) is 2.63. The van der Waals surface area contributed by atoms with Crippen molar-refractivity contribution in [1.82, 2.24) is 9.97 Å². The van der Waals surface area contributed by atoms with Crippen LogP contribution in [0.2, 0.25) is 0 Å². The van der Waals surface area contributed by atoms with E-state index in [-0.39, 0.29) is 11.7 Å². The van der Waals surface area contributed by atoms with Crippen LogP contribution in [0.3, 0.4) is 0 Å². The van der Waals surface area contributed by atoms with E-state index in [1.54, 1.807) is 4.90 Å². The first-order chi connectivity index (χ1) is 12.4. The van der Waals surface area contributed by atoms with Crippen LogP contribution in [0.5, 0.6) is 0 Å². The fraction of sp³-hybridized carbons (Fsp3) is 0.150. The van der Waals surface area contributed by atoms with E-state index in [2.05, 4.69) is 15.3 Å². The number of nitrogens with one attached hydrogen (secondary N) is 1. The van der Waals surface area contributed by atoms with Gasteiger partial charge in [-0.15, -0.1) is 0 Å². The SMILES string of the molecule is Cc1cccc(-c2ncc(C(=O)Nc3ccc(F)cc3)c(N(C)C)n2)c1. The zero-order chi connectivity index (χ0) is 18.7. The monoisotopic (exact) mass is 350 g/mol. The highest BCUT2D eigenvalue weighted by molar-refractivity contribution is 6.07. The largest absolute Gasteiger partial charge is 0.362 e. The van der Waals surface area contributed by atoms with Gasteiger partial charge in [-0.05, 0) is 37.3 Å². The highest BCUT2D eigenvalue weighted by Crippen LogP contribution is 2.23. The topological polar surface area (TPSA) is 58.1 Å². The molecule has 1 aromatic heterocycles. The van der Waals surface area contributed by atoms with Crippen molar-refractivity contribution in [3.63, 3.8) is 0 Å². The van der Waals surface area contributed by atoms with Crippen LogP contribution in [-0.2, 0) is 0 Å². The first-order valence-electron chi connectivity index (χ1n) is 8.12. The van der Waals surface area contributed by atoms with Gasteiger partial charge in [0.25, 0.3) is 5.91 Å². The third-order valence-corrected chi connectivity index (χ3v) is 3.82. The summed E-state index contributed by atoms with van der Waals surface area (Å²) in [5, 5.41) is 2.74. The molecule has 0 saturated carbocycles. The van der Waals surface area contributed by atoms with E-state index in [9.17, 15) is 9.18 Å². The number of carbonyl (C=O) groups excluding carboxylic acids is 1. The van der Waals surface area contributed by atoms with Crippen molar-refractivity contribution in [2.24, 2.45) is 0 Å². The molecule has 132 valence electrons. The average molecular weight is 350 g/mol. The van der Waals surface area contributed by atoms with Gasteiger partial charge in [-0.1, -0.05) is 23.8 Å². The molecule has 0 aliphatic heterocycles. The van der Waals surface area contributed by atoms with Gasteiger partial charge in [-0.25, -0.2) is 14.4 Å². The zero-order valence-corrected chi connectivity index (χ0v) is 14.8. The van der Waals surface area contributed by atoms with Gasteiger partial charge in [0, 0.05) is 31.5 Å². The smallest absolute Gasteiger partial charge is 0.261 e. The van der Waals surface area contributed by atoms with E-state index in [4.69, 9.17) is 0 Å². The first kappa shape index (κ1) is 17.5. The van der Waals surface area contributed by atoms with Crippen molar-refractivity contribution in [2.75, 3.05) is 24.3 Å². The highest BCUT2D eigenvalue weighted by Gasteiger charge is 2.17. The van der Waals surface area contributed by atoms with Crippen LogP contribution in [0.25, 0.3) is 11.4 Å². The summed E-state index contributed by atoms with van der Waals surface area (Å²) in [7, 11) is 3.63. The zero-order valence-electron chi connectivity index (χ0n) is 14.8. The Labute approximate surface area is 151 Å². The van der Waals surface area contributed by atoms with Crippen LogP contribution in [0.4, 0.5) is 15.9 Å². The molecule has 3 aromatic rings. The van der Waals surface area contributed by atoms with Crippen molar-refractivity contribution < 1.29 is 9.18 Å². The van der Waals surface area contributed by atoms with E-state index in [0.717, 1.165) is 11.1 Å². The lowest BCUT2D eigenvalue weighted by molar-refractivity contribution is 0.102. The number of hydrogen-bond acceptors (Lipinski definition) is 4. The number of rotatable bonds is 4. The number of carbonyl (C=O) groups is 1. The van der Waals surface area contributed by atoms with Crippen molar-refractivity contribution >= 4 is 17.4 Å². The van der Waals surface area contributed by atoms with Gasteiger partial charge < -0.3 is 10.2 Å². The number of nitrogens with zero attached hydrogens (tertiary/aromatic N) is 3. The van der Waals surface area contributed by atoms with E-state index in [1.807, 2.05) is 45.3 Å². The normalized spacial score (nSPS) is 10.5.